The molecular formula is C22H25BrFN4O6P. The molecule has 3 aromatic rings. The van der Waals surface area contributed by atoms with E-state index in [1.807, 2.05) is 0 Å². The van der Waals surface area contributed by atoms with Crippen molar-refractivity contribution in [2.45, 2.75) is 36.7 Å². The number of benzene rings is 1. The summed E-state index contributed by atoms with van der Waals surface area (Å²) in [5.41, 5.74) is 6.58. The smallest absolute Gasteiger partial charge is 0.379 e. The average molecular weight is 571 g/mol. The van der Waals surface area contributed by atoms with Crippen LogP contribution in [-0.4, -0.2) is 55.0 Å². The van der Waals surface area contributed by atoms with Crippen molar-refractivity contribution in [3.8, 4) is 5.75 Å². The summed E-state index contributed by atoms with van der Waals surface area (Å²) in [5, 5.41) is 14.8. The highest BCUT2D eigenvalue weighted by molar-refractivity contribution is 9.10. The van der Waals surface area contributed by atoms with Crippen LogP contribution in [0, 0.1) is 5.92 Å². The minimum atomic E-state index is -3.89. The minimum absolute atomic E-state index is 0.188. The molecule has 2 aromatic heterocycles. The molecule has 2 unspecified atom stereocenters. The van der Waals surface area contributed by atoms with Crippen LogP contribution in [0.25, 0.3) is 5.52 Å². The lowest BCUT2D eigenvalue weighted by molar-refractivity contribution is -0.119. The minimum Gasteiger partial charge on any atom is -0.424 e. The number of halogens is 2. The van der Waals surface area contributed by atoms with Crippen molar-refractivity contribution in [2.75, 3.05) is 18.5 Å². The van der Waals surface area contributed by atoms with Crippen molar-refractivity contribution in [1.29, 1.82) is 0 Å². The third-order valence-electron chi connectivity index (χ3n) is 5.80. The number of hydrogen-bond donors (Lipinski definition) is 2. The van der Waals surface area contributed by atoms with E-state index < -0.39 is 43.0 Å². The average Bonchev–Trinajstić information content (AvgIpc) is 3.32. The van der Waals surface area contributed by atoms with Crippen LogP contribution in [0.2, 0.25) is 0 Å². The number of ketones is 1. The van der Waals surface area contributed by atoms with Gasteiger partial charge in [0.05, 0.1) is 18.5 Å². The summed E-state index contributed by atoms with van der Waals surface area (Å²) in [4.78, 5) is 15.7. The first-order chi connectivity index (χ1) is 16.5. The van der Waals surface area contributed by atoms with Crippen LogP contribution in [0.4, 0.5) is 10.2 Å². The highest BCUT2D eigenvalue weighted by atomic mass is 79.9. The van der Waals surface area contributed by atoms with Gasteiger partial charge in [-0.2, -0.15) is 5.10 Å². The normalized spacial score (nSPS) is 26.9. The van der Waals surface area contributed by atoms with E-state index in [0.717, 1.165) is 0 Å². The number of ether oxygens (including phenoxy) is 1. The first kappa shape index (κ1) is 25.7. The van der Waals surface area contributed by atoms with Gasteiger partial charge in [-0.1, -0.05) is 25.1 Å². The number of para-hydroxylation sites is 1. The third kappa shape index (κ3) is 5.26. The number of nitrogens with zero attached hydrogens (tertiary/aromatic N) is 3. The SMILES string of the molecule is CC(=O)[C@H](C)CP(=O)(OC[C@H]1O[C@@H](c2ccc3c(N)ncnn23)C(F)(Br)[C@H]1O)Oc1ccccc1. The van der Waals surface area contributed by atoms with Crippen LogP contribution in [0.15, 0.2) is 48.8 Å². The molecule has 3 N–H and O–H groups in total. The van der Waals surface area contributed by atoms with Crippen LogP contribution >= 0.6 is 23.5 Å². The van der Waals surface area contributed by atoms with Gasteiger partial charge in [0.2, 0.25) is 4.58 Å². The molecule has 1 fully saturated rings. The van der Waals surface area contributed by atoms with E-state index in [1.54, 1.807) is 49.4 Å². The molecule has 1 saturated heterocycles. The molecule has 0 spiro atoms. The maximum Gasteiger partial charge on any atom is 0.379 e. The summed E-state index contributed by atoms with van der Waals surface area (Å²) in [6.07, 6.45) is -3.17. The van der Waals surface area contributed by atoms with E-state index in [2.05, 4.69) is 26.0 Å². The molecule has 6 atom stereocenters. The fourth-order valence-corrected chi connectivity index (χ4v) is 6.34. The highest BCUT2D eigenvalue weighted by Gasteiger charge is 2.57. The van der Waals surface area contributed by atoms with E-state index in [-0.39, 0.29) is 29.2 Å². The molecule has 35 heavy (non-hydrogen) atoms. The standard InChI is InChI=1S/C22H25BrFN4O6P/c1-13(14(2)29)11-35(31,34-15-6-4-3-5-7-15)32-10-18-19(30)22(23,24)20(33-18)16-8-9-17-21(25)26-12-27-28(16)17/h3-9,12-13,18-20,30H,10-11H2,1-2H3,(H2,25,26,27)/t13-,18-,19+,20+,22?,35?/m1/s1. The molecule has 0 bridgehead atoms. The topological polar surface area (TPSA) is 138 Å². The Morgan fingerprint density at radius 3 is 2.77 bits per heavy atom. The van der Waals surface area contributed by atoms with E-state index >= 15 is 4.39 Å². The van der Waals surface area contributed by atoms with E-state index in [0.29, 0.717) is 5.52 Å². The molecule has 1 aliphatic heterocycles. The summed E-state index contributed by atoms with van der Waals surface area (Å²) in [6.45, 7) is 2.54. The van der Waals surface area contributed by atoms with Gasteiger partial charge in [0, 0.05) is 5.92 Å². The van der Waals surface area contributed by atoms with Gasteiger partial charge in [0.1, 0.15) is 41.7 Å². The number of Topliss-reactive ketones (excluding diaryl/α,β-unsaturated/α-hetero) is 1. The number of alkyl halides is 2. The molecule has 0 radical (unpaired) electrons. The summed E-state index contributed by atoms with van der Waals surface area (Å²) in [7, 11) is -3.89. The van der Waals surface area contributed by atoms with Gasteiger partial charge in [-0.3, -0.25) is 9.32 Å². The number of rotatable bonds is 9. The van der Waals surface area contributed by atoms with Crippen molar-refractivity contribution in [1.82, 2.24) is 14.6 Å². The lowest BCUT2D eigenvalue weighted by Crippen LogP contribution is -2.37. The number of hydrogen-bond acceptors (Lipinski definition) is 9. The number of aliphatic hydroxyl groups excluding tert-OH is 1. The first-order valence-corrected chi connectivity index (χ1v) is 13.3. The number of nitrogens with two attached hydrogens (primary N) is 1. The molecule has 0 aliphatic carbocycles. The molecule has 0 saturated carbocycles. The zero-order chi connectivity index (χ0) is 25.4. The van der Waals surface area contributed by atoms with E-state index in [1.165, 1.54) is 17.8 Å². The summed E-state index contributed by atoms with van der Waals surface area (Å²) in [5.74, 6) is -0.315. The Hall–Kier alpha value is -2.37. The highest BCUT2D eigenvalue weighted by Crippen LogP contribution is 2.53. The monoisotopic (exact) mass is 570 g/mol. The van der Waals surface area contributed by atoms with Gasteiger partial charge in [-0.15, -0.1) is 0 Å². The lowest BCUT2D eigenvalue weighted by Gasteiger charge is -2.24. The fourth-order valence-electron chi connectivity index (χ4n) is 3.72. The Balaban J connectivity index is 1.55. The number of carbonyl (C=O) groups excluding carboxylic acids is 1. The lowest BCUT2D eigenvalue weighted by atomic mass is 10.1. The zero-order valence-electron chi connectivity index (χ0n) is 19.0. The summed E-state index contributed by atoms with van der Waals surface area (Å²) >= 11 is 2.94. The molecule has 1 aliphatic rings. The molecule has 188 valence electrons. The van der Waals surface area contributed by atoms with Crippen LogP contribution in [-0.2, 0) is 18.6 Å². The van der Waals surface area contributed by atoms with E-state index in [4.69, 9.17) is 19.5 Å². The van der Waals surface area contributed by atoms with Gasteiger partial charge >= 0.3 is 7.60 Å². The van der Waals surface area contributed by atoms with Gasteiger partial charge < -0.3 is 20.1 Å². The van der Waals surface area contributed by atoms with Crippen molar-refractivity contribution in [3.63, 3.8) is 0 Å². The molecule has 13 heteroatoms. The Kier molecular flexibility index (Phi) is 7.31. The molecule has 3 heterocycles. The Labute approximate surface area is 209 Å². The van der Waals surface area contributed by atoms with Gasteiger partial charge in [-0.25, -0.2) is 18.5 Å². The molecular weight excluding hydrogens is 546 g/mol. The van der Waals surface area contributed by atoms with Gasteiger partial charge in [0.25, 0.3) is 0 Å². The summed E-state index contributed by atoms with van der Waals surface area (Å²) in [6, 6.07) is 11.5. The summed E-state index contributed by atoms with van der Waals surface area (Å²) < 4.78 is 45.3. The van der Waals surface area contributed by atoms with Crippen LogP contribution in [0.5, 0.6) is 5.75 Å². The second-order valence-corrected chi connectivity index (χ2v) is 11.6. The predicted molar refractivity (Wildman–Crippen MR) is 129 cm³/mol. The van der Waals surface area contributed by atoms with Crippen LogP contribution in [0.1, 0.15) is 25.6 Å². The predicted octanol–water partition coefficient (Wildman–Crippen LogP) is 3.69. The second-order valence-electron chi connectivity index (χ2n) is 8.38. The van der Waals surface area contributed by atoms with Crippen molar-refractivity contribution in [3.05, 3.63) is 54.5 Å². The number of nitrogen functional groups attached to an aromatic ring is 1. The number of carbonyl (C=O) groups is 1. The zero-order valence-corrected chi connectivity index (χ0v) is 21.4. The largest absolute Gasteiger partial charge is 0.424 e. The number of anilines is 1. The van der Waals surface area contributed by atoms with Crippen molar-refractivity contribution < 1.29 is 32.6 Å². The third-order valence-corrected chi connectivity index (χ3v) is 8.71. The Bertz CT molecular complexity index is 1260. The second kappa shape index (κ2) is 9.94. The van der Waals surface area contributed by atoms with Gasteiger partial charge in [0.15, 0.2) is 5.82 Å². The van der Waals surface area contributed by atoms with Crippen LogP contribution < -0.4 is 10.3 Å². The molecule has 0 amide bonds. The molecule has 4 rings (SSSR count). The Morgan fingerprint density at radius 1 is 1.37 bits per heavy atom. The number of aliphatic hydroxyl groups is 1. The Morgan fingerprint density at radius 2 is 2.09 bits per heavy atom. The maximum absolute atomic E-state index is 15.6. The molecule has 1 aromatic carbocycles. The maximum atomic E-state index is 15.6. The quantitative estimate of drug-likeness (QED) is 0.291. The number of aromatic nitrogens is 3. The molecule has 10 nitrogen and oxygen atoms in total. The first-order valence-electron chi connectivity index (χ1n) is 10.8. The van der Waals surface area contributed by atoms with E-state index in [9.17, 15) is 14.5 Å². The van der Waals surface area contributed by atoms with Crippen molar-refractivity contribution in [2.24, 2.45) is 5.92 Å². The van der Waals surface area contributed by atoms with Crippen molar-refractivity contribution >= 4 is 40.6 Å². The fraction of sp³-hybridized carbons (Fsp3) is 0.409. The number of fused-ring (bicyclic) bond motifs is 1. The van der Waals surface area contributed by atoms with Crippen LogP contribution in [0.3, 0.4) is 0 Å². The van der Waals surface area contributed by atoms with Gasteiger partial charge in [-0.05, 0) is 47.1 Å².